The Balaban J connectivity index is 1.50. The molecule has 3 aromatic rings. The highest BCUT2D eigenvalue weighted by Crippen LogP contribution is 2.27. The number of hydrogen-bond donors (Lipinski definition) is 1. The average Bonchev–Trinajstić information content (AvgIpc) is 3.20. The Morgan fingerprint density at radius 3 is 2.50 bits per heavy atom. The summed E-state index contributed by atoms with van der Waals surface area (Å²) in [6.45, 7) is 2.42. The Morgan fingerprint density at radius 1 is 1.04 bits per heavy atom. The summed E-state index contributed by atoms with van der Waals surface area (Å²) in [4.78, 5) is 12.1. The molecule has 0 atom stereocenters. The van der Waals surface area contributed by atoms with Crippen LogP contribution in [-0.4, -0.2) is 30.3 Å². The number of carbonyl (C=O) groups is 1. The van der Waals surface area contributed by atoms with Crippen molar-refractivity contribution in [2.24, 2.45) is 0 Å². The Labute approximate surface area is 163 Å². The lowest BCUT2D eigenvalue weighted by atomic mass is 10.1. The molecule has 0 unspecified atom stereocenters. The number of methoxy groups -OCH3 is 2. The second kappa shape index (κ2) is 9.03. The third-order valence-corrected chi connectivity index (χ3v) is 4.27. The number of aromatic nitrogens is 2. The number of hydrogen-bond acceptors (Lipinski definition) is 6. The van der Waals surface area contributed by atoms with Gasteiger partial charge >= 0.3 is 0 Å². The normalized spacial score (nSPS) is 10.5. The molecule has 7 nitrogen and oxygen atoms in total. The van der Waals surface area contributed by atoms with Crippen molar-refractivity contribution in [3.8, 4) is 23.0 Å². The van der Waals surface area contributed by atoms with E-state index in [1.807, 2.05) is 49.4 Å². The molecule has 0 saturated carbocycles. The van der Waals surface area contributed by atoms with Gasteiger partial charge in [-0.25, -0.2) is 0 Å². The highest BCUT2D eigenvalue weighted by molar-refractivity contribution is 5.76. The summed E-state index contributed by atoms with van der Waals surface area (Å²) in [5.74, 6) is 2.09. The fraction of sp³-hybridized carbons (Fsp3) is 0.286. The largest absolute Gasteiger partial charge is 0.493 e. The first-order valence-electron chi connectivity index (χ1n) is 8.96. The summed E-state index contributed by atoms with van der Waals surface area (Å²) in [6.07, 6.45) is 0.652. The molecule has 2 aromatic carbocycles. The molecule has 28 heavy (non-hydrogen) atoms. The van der Waals surface area contributed by atoms with Crippen molar-refractivity contribution in [2.75, 3.05) is 14.2 Å². The fourth-order valence-corrected chi connectivity index (χ4v) is 2.67. The van der Waals surface area contributed by atoms with Gasteiger partial charge in [-0.3, -0.25) is 4.79 Å². The third-order valence-electron chi connectivity index (χ3n) is 4.27. The molecule has 1 heterocycles. The number of ether oxygens (including phenoxy) is 2. The van der Waals surface area contributed by atoms with Crippen molar-refractivity contribution in [3.63, 3.8) is 0 Å². The summed E-state index contributed by atoms with van der Waals surface area (Å²) < 4.78 is 16.1. The molecule has 146 valence electrons. The molecule has 1 N–H and O–H groups in total. The first kappa shape index (κ1) is 19.4. The maximum absolute atomic E-state index is 12.1. The zero-order valence-corrected chi connectivity index (χ0v) is 16.2. The van der Waals surface area contributed by atoms with Gasteiger partial charge in [-0.2, -0.15) is 0 Å². The van der Waals surface area contributed by atoms with Gasteiger partial charge < -0.3 is 19.2 Å². The minimum absolute atomic E-state index is 0.0927. The summed E-state index contributed by atoms with van der Waals surface area (Å²) in [7, 11) is 3.16. The van der Waals surface area contributed by atoms with Crippen LogP contribution in [0.3, 0.4) is 0 Å². The van der Waals surface area contributed by atoms with Crippen molar-refractivity contribution in [1.29, 1.82) is 0 Å². The molecule has 0 aliphatic rings. The lowest BCUT2D eigenvalue weighted by Gasteiger charge is -2.10. The third kappa shape index (κ3) is 4.88. The van der Waals surface area contributed by atoms with E-state index in [9.17, 15) is 4.79 Å². The van der Waals surface area contributed by atoms with Gasteiger partial charge in [-0.05, 0) is 36.8 Å². The lowest BCUT2D eigenvalue weighted by molar-refractivity contribution is -0.121. The molecule has 0 aliphatic heterocycles. The van der Waals surface area contributed by atoms with Gasteiger partial charge in [0.05, 0.1) is 14.2 Å². The molecular formula is C21H23N3O4. The second-order valence-corrected chi connectivity index (χ2v) is 6.33. The average molecular weight is 381 g/mol. The van der Waals surface area contributed by atoms with E-state index in [0.29, 0.717) is 36.2 Å². The summed E-state index contributed by atoms with van der Waals surface area (Å²) in [5.41, 5.74) is 2.95. The summed E-state index contributed by atoms with van der Waals surface area (Å²) in [6, 6.07) is 13.4. The van der Waals surface area contributed by atoms with Crippen molar-refractivity contribution in [1.82, 2.24) is 15.5 Å². The van der Waals surface area contributed by atoms with Crippen LogP contribution in [-0.2, 0) is 17.8 Å². The van der Waals surface area contributed by atoms with E-state index in [0.717, 1.165) is 16.7 Å². The molecule has 1 amide bonds. The van der Waals surface area contributed by atoms with Crippen LogP contribution in [0.5, 0.6) is 11.5 Å². The van der Waals surface area contributed by atoms with Gasteiger partial charge in [0.2, 0.25) is 17.7 Å². The van der Waals surface area contributed by atoms with E-state index in [4.69, 9.17) is 13.9 Å². The van der Waals surface area contributed by atoms with Crippen molar-refractivity contribution in [2.45, 2.75) is 26.3 Å². The summed E-state index contributed by atoms with van der Waals surface area (Å²) >= 11 is 0. The van der Waals surface area contributed by atoms with Crippen LogP contribution in [0.1, 0.15) is 23.4 Å². The highest BCUT2D eigenvalue weighted by atomic mass is 16.5. The molecule has 1 aromatic heterocycles. The topological polar surface area (TPSA) is 86.5 Å². The Bertz CT molecular complexity index is 935. The monoisotopic (exact) mass is 381 g/mol. The zero-order valence-electron chi connectivity index (χ0n) is 16.2. The summed E-state index contributed by atoms with van der Waals surface area (Å²) in [5, 5.41) is 10.9. The predicted molar refractivity (Wildman–Crippen MR) is 104 cm³/mol. The SMILES string of the molecule is COc1ccc(CNC(=O)CCc2nnc(-c3ccc(C)cc3)o2)cc1OC. The molecule has 7 heteroatoms. The smallest absolute Gasteiger partial charge is 0.247 e. The fourth-order valence-electron chi connectivity index (χ4n) is 2.67. The molecule has 0 bridgehead atoms. The number of rotatable bonds is 8. The minimum Gasteiger partial charge on any atom is -0.493 e. The first-order chi connectivity index (χ1) is 13.6. The van der Waals surface area contributed by atoms with Crippen molar-refractivity contribution < 1.29 is 18.7 Å². The van der Waals surface area contributed by atoms with E-state index in [-0.39, 0.29) is 12.3 Å². The van der Waals surface area contributed by atoms with Crippen LogP contribution in [0, 0.1) is 6.92 Å². The number of amides is 1. The predicted octanol–water partition coefficient (Wildman–Crippen LogP) is 3.31. The van der Waals surface area contributed by atoms with E-state index in [2.05, 4.69) is 15.5 Å². The Kier molecular flexibility index (Phi) is 6.26. The molecular weight excluding hydrogens is 358 g/mol. The lowest BCUT2D eigenvalue weighted by Crippen LogP contribution is -2.23. The van der Waals surface area contributed by atoms with Gasteiger partial charge in [0, 0.05) is 24.9 Å². The van der Waals surface area contributed by atoms with Crippen molar-refractivity contribution in [3.05, 3.63) is 59.5 Å². The van der Waals surface area contributed by atoms with Gasteiger partial charge in [0.15, 0.2) is 11.5 Å². The van der Waals surface area contributed by atoms with Gasteiger partial charge in [0.1, 0.15) is 0 Å². The van der Waals surface area contributed by atoms with Crippen molar-refractivity contribution >= 4 is 5.91 Å². The van der Waals surface area contributed by atoms with Crippen LogP contribution >= 0.6 is 0 Å². The van der Waals surface area contributed by atoms with Gasteiger partial charge in [-0.15, -0.1) is 10.2 Å². The van der Waals surface area contributed by atoms with Gasteiger partial charge in [0.25, 0.3) is 0 Å². The van der Waals surface area contributed by atoms with E-state index < -0.39 is 0 Å². The van der Waals surface area contributed by atoms with E-state index >= 15 is 0 Å². The zero-order chi connectivity index (χ0) is 19.9. The van der Waals surface area contributed by atoms with Crippen LogP contribution in [0.15, 0.2) is 46.9 Å². The maximum atomic E-state index is 12.1. The van der Waals surface area contributed by atoms with Gasteiger partial charge in [-0.1, -0.05) is 23.8 Å². The molecule has 0 saturated heterocycles. The van der Waals surface area contributed by atoms with Crippen LogP contribution in [0.4, 0.5) is 0 Å². The van der Waals surface area contributed by atoms with E-state index in [1.54, 1.807) is 14.2 Å². The molecule has 0 spiro atoms. The quantitative estimate of drug-likeness (QED) is 0.644. The Morgan fingerprint density at radius 2 is 1.79 bits per heavy atom. The number of nitrogens with zero attached hydrogens (tertiary/aromatic N) is 2. The number of carbonyl (C=O) groups excluding carboxylic acids is 1. The molecule has 3 rings (SSSR count). The number of benzene rings is 2. The minimum atomic E-state index is -0.0927. The standard InChI is InChI=1S/C21H23N3O4/c1-14-4-7-16(8-5-14)21-24-23-20(28-21)11-10-19(25)22-13-15-6-9-17(26-2)18(12-15)27-3/h4-9,12H,10-11,13H2,1-3H3,(H,22,25). The highest BCUT2D eigenvalue weighted by Gasteiger charge is 2.11. The van der Waals surface area contributed by atoms with Crippen LogP contribution in [0.25, 0.3) is 11.5 Å². The molecule has 0 aliphatic carbocycles. The van der Waals surface area contributed by atoms with Crippen LogP contribution < -0.4 is 14.8 Å². The Hall–Kier alpha value is -3.35. The number of aryl methyl sites for hydroxylation is 2. The van der Waals surface area contributed by atoms with E-state index in [1.165, 1.54) is 0 Å². The van der Waals surface area contributed by atoms with Crippen LogP contribution in [0.2, 0.25) is 0 Å². The second-order valence-electron chi connectivity index (χ2n) is 6.33. The first-order valence-corrected chi connectivity index (χ1v) is 8.96. The molecule has 0 fully saturated rings. The number of nitrogens with one attached hydrogen (secondary N) is 1. The molecule has 0 radical (unpaired) electrons. The maximum Gasteiger partial charge on any atom is 0.247 e.